The standard InChI is InChI=1S/C24H23N3O5/c1-3-31-24(30)17-7-8-18-14-27(23(29)20(18)12-17)10-9-21(28)26-19-6-4-5-16(11-19)22-25-13-15(2)32-22/h4-8,11-13H,3,9-10,14H2,1-2H3,(H,26,28). The second kappa shape index (κ2) is 9.05. The summed E-state index contributed by atoms with van der Waals surface area (Å²) < 4.78 is 10.5. The van der Waals surface area contributed by atoms with Gasteiger partial charge in [0.15, 0.2) is 0 Å². The third kappa shape index (κ3) is 4.54. The van der Waals surface area contributed by atoms with E-state index in [0.29, 0.717) is 35.0 Å². The first kappa shape index (κ1) is 21.3. The highest BCUT2D eigenvalue weighted by Gasteiger charge is 2.28. The third-order valence-electron chi connectivity index (χ3n) is 5.12. The number of hydrogen-bond donors (Lipinski definition) is 1. The number of carbonyl (C=O) groups excluding carboxylic acids is 3. The molecule has 3 aromatic rings. The lowest BCUT2D eigenvalue weighted by atomic mass is 10.1. The zero-order valence-electron chi connectivity index (χ0n) is 17.9. The molecule has 4 rings (SSSR count). The lowest BCUT2D eigenvalue weighted by Gasteiger charge is -2.15. The van der Waals surface area contributed by atoms with Crippen molar-refractivity contribution in [2.75, 3.05) is 18.5 Å². The molecule has 0 atom stereocenters. The van der Waals surface area contributed by atoms with Crippen molar-refractivity contribution in [3.63, 3.8) is 0 Å². The number of fused-ring (bicyclic) bond motifs is 1. The van der Waals surface area contributed by atoms with Crippen molar-refractivity contribution in [1.29, 1.82) is 0 Å². The molecule has 32 heavy (non-hydrogen) atoms. The first-order chi connectivity index (χ1) is 15.4. The Kier molecular flexibility index (Phi) is 6.02. The SMILES string of the molecule is CCOC(=O)c1ccc2c(c1)C(=O)N(CCC(=O)Nc1cccc(-c3ncc(C)o3)c1)C2. The van der Waals surface area contributed by atoms with Crippen molar-refractivity contribution in [2.24, 2.45) is 0 Å². The summed E-state index contributed by atoms with van der Waals surface area (Å²) in [6, 6.07) is 12.2. The molecular formula is C24H23N3O5. The van der Waals surface area contributed by atoms with Crippen molar-refractivity contribution in [1.82, 2.24) is 9.88 Å². The number of aromatic nitrogens is 1. The number of ether oxygens (including phenoxy) is 1. The van der Waals surface area contributed by atoms with Crippen LogP contribution in [0.5, 0.6) is 0 Å². The lowest BCUT2D eigenvalue weighted by molar-refractivity contribution is -0.116. The Hall–Kier alpha value is -3.94. The van der Waals surface area contributed by atoms with Crippen molar-refractivity contribution in [2.45, 2.75) is 26.8 Å². The smallest absolute Gasteiger partial charge is 0.338 e. The Morgan fingerprint density at radius 1 is 1.22 bits per heavy atom. The second-order valence-electron chi connectivity index (χ2n) is 7.47. The molecule has 0 radical (unpaired) electrons. The quantitative estimate of drug-likeness (QED) is 0.569. The minimum absolute atomic E-state index is 0.146. The summed E-state index contributed by atoms with van der Waals surface area (Å²) in [4.78, 5) is 42.9. The molecule has 1 N–H and O–H groups in total. The van der Waals surface area contributed by atoms with Crippen molar-refractivity contribution >= 4 is 23.5 Å². The number of amides is 2. The monoisotopic (exact) mass is 433 g/mol. The molecule has 0 fully saturated rings. The number of esters is 1. The van der Waals surface area contributed by atoms with Gasteiger partial charge in [0, 0.05) is 36.3 Å². The molecule has 2 heterocycles. The van der Waals surface area contributed by atoms with Gasteiger partial charge in [-0.2, -0.15) is 0 Å². The molecule has 2 amide bonds. The molecule has 0 saturated heterocycles. The van der Waals surface area contributed by atoms with E-state index >= 15 is 0 Å². The Balaban J connectivity index is 1.35. The fraction of sp³-hybridized carbons (Fsp3) is 0.250. The molecule has 0 bridgehead atoms. The van der Waals surface area contributed by atoms with Gasteiger partial charge in [0.2, 0.25) is 11.8 Å². The topological polar surface area (TPSA) is 102 Å². The van der Waals surface area contributed by atoms with E-state index in [-0.39, 0.29) is 31.4 Å². The van der Waals surface area contributed by atoms with Crippen LogP contribution in [0, 0.1) is 6.92 Å². The third-order valence-corrected chi connectivity index (χ3v) is 5.12. The van der Waals surface area contributed by atoms with Gasteiger partial charge in [0.05, 0.1) is 18.4 Å². The summed E-state index contributed by atoms with van der Waals surface area (Å²) in [5.41, 5.74) is 3.04. The van der Waals surface area contributed by atoms with Crippen LogP contribution in [0.25, 0.3) is 11.5 Å². The highest BCUT2D eigenvalue weighted by atomic mass is 16.5. The molecule has 1 aliphatic rings. The van der Waals surface area contributed by atoms with E-state index in [2.05, 4.69) is 10.3 Å². The van der Waals surface area contributed by atoms with E-state index in [0.717, 1.165) is 11.1 Å². The Morgan fingerprint density at radius 3 is 2.81 bits per heavy atom. The van der Waals surface area contributed by atoms with Gasteiger partial charge in [-0.3, -0.25) is 9.59 Å². The maximum Gasteiger partial charge on any atom is 0.338 e. The number of aryl methyl sites for hydroxylation is 1. The molecule has 164 valence electrons. The maximum absolute atomic E-state index is 12.7. The molecule has 0 saturated carbocycles. The van der Waals surface area contributed by atoms with Gasteiger partial charge in [0.25, 0.3) is 5.91 Å². The molecule has 8 nitrogen and oxygen atoms in total. The predicted molar refractivity (Wildman–Crippen MR) is 117 cm³/mol. The first-order valence-corrected chi connectivity index (χ1v) is 10.4. The Morgan fingerprint density at radius 2 is 2.06 bits per heavy atom. The van der Waals surface area contributed by atoms with Crippen LogP contribution in [0.15, 0.2) is 53.1 Å². The van der Waals surface area contributed by atoms with E-state index in [1.165, 1.54) is 0 Å². The fourth-order valence-corrected chi connectivity index (χ4v) is 3.56. The van der Waals surface area contributed by atoms with Gasteiger partial charge in [-0.05, 0) is 49.7 Å². The van der Waals surface area contributed by atoms with Crippen molar-refractivity contribution in [3.05, 3.63) is 71.1 Å². The molecule has 1 aromatic heterocycles. The average molecular weight is 433 g/mol. The van der Waals surface area contributed by atoms with Gasteiger partial charge in [-0.25, -0.2) is 9.78 Å². The van der Waals surface area contributed by atoms with Crippen LogP contribution < -0.4 is 5.32 Å². The first-order valence-electron chi connectivity index (χ1n) is 10.4. The zero-order valence-corrected chi connectivity index (χ0v) is 17.9. The minimum atomic E-state index is -0.455. The molecule has 2 aromatic carbocycles. The number of oxazole rings is 1. The normalized spacial score (nSPS) is 12.6. The van der Waals surface area contributed by atoms with Gasteiger partial charge in [-0.15, -0.1) is 0 Å². The highest BCUT2D eigenvalue weighted by Crippen LogP contribution is 2.25. The van der Waals surface area contributed by atoms with E-state index in [4.69, 9.17) is 9.15 Å². The summed E-state index contributed by atoms with van der Waals surface area (Å²) in [5, 5.41) is 2.85. The molecule has 8 heteroatoms. The van der Waals surface area contributed by atoms with Gasteiger partial charge < -0.3 is 19.4 Å². The van der Waals surface area contributed by atoms with Crippen LogP contribution in [-0.2, 0) is 16.1 Å². The Bertz CT molecular complexity index is 1180. The van der Waals surface area contributed by atoms with E-state index < -0.39 is 5.97 Å². The van der Waals surface area contributed by atoms with Crippen LogP contribution in [0.3, 0.4) is 0 Å². The molecule has 0 unspecified atom stereocenters. The highest BCUT2D eigenvalue weighted by molar-refractivity contribution is 6.01. The zero-order chi connectivity index (χ0) is 22.7. The molecule has 0 aliphatic carbocycles. The summed E-state index contributed by atoms with van der Waals surface area (Å²) >= 11 is 0. The number of anilines is 1. The van der Waals surface area contributed by atoms with E-state index in [1.807, 2.05) is 19.1 Å². The average Bonchev–Trinajstić information content (AvgIpc) is 3.35. The van der Waals surface area contributed by atoms with Crippen LogP contribution in [-0.4, -0.2) is 40.8 Å². The largest absolute Gasteiger partial charge is 0.462 e. The number of nitrogens with zero attached hydrogens (tertiary/aromatic N) is 2. The number of hydrogen-bond acceptors (Lipinski definition) is 6. The number of nitrogens with one attached hydrogen (secondary N) is 1. The molecular weight excluding hydrogens is 410 g/mol. The van der Waals surface area contributed by atoms with Crippen LogP contribution in [0.4, 0.5) is 5.69 Å². The minimum Gasteiger partial charge on any atom is -0.462 e. The van der Waals surface area contributed by atoms with Crippen LogP contribution in [0.2, 0.25) is 0 Å². The predicted octanol–water partition coefficient (Wildman–Crippen LogP) is 3.81. The summed E-state index contributed by atoms with van der Waals surface area (Å²) in [6.07, 6.45) is 1.79. The fourth-order valence-electron chi connectivity index (χ4n) is 3.56. The second-order valence-corrected chi connectivity index (χ2v) is 7.47. The van der Waals surface area contributed by atoms with E-state index in [1.54, 1.807) is 48.4 Å². The number of carbonyl (C=O) groups is 3. The molecule has 0 spiro atoms. The summed E-state index contributed by atoms with van der Waals surface area (Å²) in [5.74, 6) is 0.339. The van der Waals surface area contributed by atoms with Crippen LogP contribution in [0.1, 0.15) is 45.4 Å². The molecule has 1 aliphatic heterocycles. The number of rotatable bonds is 7. The van der Waals surface area contributed by atoms with Crippen molar-refractivity contribution in [3.8, 4) is 11.5 Å². The van der Waals surface area contributed by atoms with Crippen molar-refractivity contribution < 1.29 is 23.5 Å². The lowest BCUT2D eigenvalue weighted by Crippen LogP contribution is -2.28. The maximum atomic E-state index is 12.7. The summed E-state index contributed by atoms with van der Waals surface area (Å²) in [7, 11) is 0. The Labute approximate surface area is 185 Å². The van der Waals surface area contributed by atoms with Gasteiger partial charge >= 0.3 is 5.97 Å². The summed E-state index contributed by atoms with van der Waals surface area (Å²) in [6.45, 7) is 4.49. The van der Waals surface area contributed by atoms with Crippen LogP contribution >= 0.6 is 0 Å². The number of benzene rings is 2. The van der Waals surface area contributed by atoms with Gasteiger partial charge in [0.1, 0.15) is 5.76 Å². The van der Waals surface area contributed by atoms with Gasteiger partial charge in [-0.1, -0.05) is 12.1 Å². The van der Waals surface area contributed by atoms with E-state index in [9.17, 15) is 14.4 Å².